The second kappa shape index (κ2) is 5.80. The summed E-state index contributed by atoms with van der Waals surface area (Å²) in [6.45, 7) is 1.50. The third kappa shape index (κ3) is 3.85. The average Bonchev–Trinajstić information content (AvgIpc) is 2.37. The van der Waals surface area contributed by atoms with Crippen molar-refractivity contribution in [2.45, 2.75) is 23.3 Å². The van der Waals surface area contributed by atoms with E-state index in [9.17, 15) is 13.5 Å². The maximum Gasteiger partial charge on any atom is 0.240 e. The van der Waals surface area contributed by atoms with Crippen molar-refractivity contribution >= 4 is 21.4 Å². The number of nitrogens with zero attached hydrogens (tertiary/aromatic N) is 1. The monoisotopic (exact) mass is 315 g/mol. The Morgan fingerprint density at radius 1 is 1.38 bits per heavy atom. The molecule has 5 N–H and O–H groups in total. The largest absolute Gasteiger partial charge is 0.398 e. The molecular weight excluding hydrogens is 294 g/mol. The van der Waals surface area contributed by atoms with Crippen molar-refractivity contribution in [3.8, 4) is 0 Å². The quantitative estimate of drug-likeness (QED) is 0.667. The van der Waals surface area contributed by atoms with Crippen LogP contribution >= 0.6 is 0 Å². The summed E-state index contributed by atoms with van der Waals surface area (Å²) in [6, 6.07) is 4.55. The van der Waals surface area contributed by atoms with Gasteiger partial charge in [-0.05, 0) is 18.2 Å². The number of anilines is 2. The number of sulfonamides is 1. The lowest BCUT2D eigenvalue weighted by Gasteiger charge is -2.36. The van der Waals surface area contributed by atoms with Crippen LogP contribution in [-0.2, 0) is 14.8 Å². The highest BCUT2D eigenvalue weighted by molar-refractivity contribution is 7.89. The van der Waals surface area contributed by atoms with E-state index in [0.29, 0.717) is 32.6 Å². The third-order valence-electron chi connectivity index (χ3n) is 3.70. The van der Waals surface area contributed by atoms with Crippen LogP contribution in [0.4, 0.5) is 11.4 Å². The molecule has 1 aliphatic rings. The highest BCUT2D eigenvalue weighted by atomic mass is 32.2. The number of hydrogen-bond acceptors (Lipinski definition) is 6. The molecule has 0 bridgehead atoms. The van der Waals surface area contributed by atoms with Gasteiger partial charge in [0.1, 0.15) is 4.90 Å². The van der Waals surface area contributed by atoms with Crippen molar-refractivity contribution in [1.29, 1.82) is 0 Å². The first-order valence-corrected chi connectivity index (χ1v) is 8.19. The molecule has 1 heterocycles. The van der Waals surface area contributed by atoms with Crippen molar-refractivity contribution in [2.24, 2.45) is 5.14 Å². The minimum atomic E-state index is -3.82. The lowest BCUT2D eigenvalue weighted by molar-refractivity contribution is -0.0572. The predicted molar refractivity (Wildman–Crippen MR) is 80.5 cm³/mol. The van der Waals surface area contributed by atoms with Crippen molar-refractivity contribution < 1.29 is 18.3 Å². The predicted octanol–water partition coefficient (Wildman–Crippen LogP) is -0.106. The van der Waals surface area contributed by atoms with Crippen LogP contribution in [0, 0.1) is 0 Å². The summed E-state index contributed by atoms with van der Waals surface area (Å²) in [6.07, 6.45) is 1.14. The van der Waals surface area contributed by atoms with E-state index in [1.165, 1.54) is 6.07 Å². The molecule has 0 saturated carbocycles. The van der Waals surface area contributed by atoms with Crippen LogP contribution in [0.25, 0.3) is 0 Å². The Labute approximate surface area is 124 Å². The second-order valence-corrected chi connectivity index (χ2v) is 6.99. The molecule has 0 atom stereocenters. The summed E-state index contributed by atoms with van der Waals surface area (Å²) in [5.41, 5.74) is 5.76. The van der Waals surface area contributed by atoms with Gasteiger partial charge in [0.2, 0.25) is 10.0 Å². The molecule has 2 rings (SSSR count). The van der Waals surface area contributed by atoms with Gasteiger partial charge in [0.15, 0.2) is 0 Å². The van der Waals surface area contributed by atoms with Crippen LogP contribution in [0.5, 0.6) is 0 Å². The van der Waals surface area contributed by atoms with Crippen molar-refractivity contribution in [2.75, 3.05) is 37.4 Å². The van der Waals surface area contributed by atoms with Crippen LogP contribution in [0.3, 0.4) is 0 Å². The van der Waals surface area contributed by atoms with Gasteiger partial charge >= 0.3 is 0 Å². The maximum atomic E-state index is 11.3. The number of aliphatic hydroxyl groups is 1. The first-order chi connectivity index (χ1) is 9.71. The molecular formula is C13H21N3O4S. The minimum absolute atomic E-state index is 0.0931. The summed E-state index contributed by atoms with van der Waals surface area (Å²) in [5.74, 6) is 0. The van der Waals surface area contributed by atoms with Gasteiger partial charge < -0.3 is 20.5 Å². The standard InChI is InChI=1S/C13H21N3O4S/c1-16(9-13(17)4-6-20-7-5-13)10-2-3-12(11(14)8-10)21(15,18)19/h2-3,8,17H,4-7,9,14H2,1H3,(H2,15,18,19). The van der Waals surface area contributed by atoms with Gasteiger partial charge in [-0.1, -0.05) is 0 Å². The summed E-state index contributed by atoms with van der Waals surface area (Å²) in [7, 11) is -2.01. The van der Waals surface area contributed by atoms with Crippen LogP contribution < -0.4 is 15.8 Å². The lowest BCUT2D eigenvalue weighted by atomic mass is 9.94. The van der Waals surface area contributed by atoms with Gasteiger partial charge in [0.25, 0.3) is 0 Å². The first-order valence-electron chi connectivity index (χ1n) is 6.65. The molecule has 0 amide bonds. The van der Waals surface area contributed by atoms with Crippen molar-refractivity contribution in [3.63, 3.8) is 0 Å². The molecule has 118 valence electrons. The fraction of sp³-hybridized carbons (Fsp3) is 0.538. The van der Waals surface area contributed by atoms with Crippen LogP contribution in [0.15, 0.2) is 23.1 Å². The number of rotatable bonds is 4. The Hall–Kier alpha value is -1.35. The van der Waals surface area contributed by atoms with E-state index in [1.807, 2.05) is 11.9 Å². The average molecular weight is 315 g/mol. The molecule has 0 unspecified atom stereocenters. The van der Waals surface area contributed by atoms with Crippen LogP contribution in [0.1, 0.15) is 12.8 Å². The van der Waals surface area contributed by atoms with Crippen molar-refractivity contribution in [3.05, 3.63) is 18.2 Å². The highest BCUT2D eigenvalue weighted by Gasteiger charge is 2.31. The highest BCUT2D eigenvalue weighted by Crippen LogP contribution is 2.27. The Bertz CT molecular complexity index is 612. The van der Waals surface area contributed by atoms with E-state index in [0.717, 1.165) is 5.69 Å². The molecule has 1 aromatic rings. The first kappa shape index (κ1) is 16.0. The summed E-state index contributed by atoms with van der Waals surface area (Å²) in [5, 5.41) is 15.6. The van der Waals surface area contributed by atoms with Crippen LogP contribution in [-0.4, -0.2) is 45.9 Å². The molecule has 0 aliphatic carbocycles. The smallest absolute Gasteiger partial charge is 0.240 e. The Kier molecular flexibility index (Phi) is 4.43. The normalized spacial score (nSPS) is 18.4. The molecule has 0 spiro atoms. The number of primary sulfonamides is 1. The summed E-state index contributed by atoms with van der Waals surface area (Å²) >= 11 is 0. The van der Waals surface area contributed by atoms with Gasteiger partial charge in [-0.25, -0.2) is 13.6 Å². The van der Waals surface area contributed by atoms with Gasteiger partial charge in [0, 0.05) is 45.3 Å². The number of ether oxygens (including phenoxy) is 1. The zero-order chi connectivity index (χ0) is 15.7. The molecule has 21 heavy (non-hydrogen) atoms. The van der Waals surface area contributed by atoms with E-state index in [-0.39, 0.29) is 10.6 Å². The van der Waals surface area contributed by atoms with E-state index < -0.39 is 15.6 Å². The van der Waals surface area contributed by atoms with Crippen molar-refractivity contribution in [1.82, 2.24) is 0 Å². The molecule has 1 aliphatic heterocycles. The number of benzene rings is 1. The molecule has 0 radical (unpaired) electrons. The molecule has 0 aromatic heterocycles. The van der Waals surface area contributed by atoms with E-state index in [2.05, 4.69) is 0 Å². The van der Waals surface area contributed by atoms with E-state index >= 15 is 0 Å². The zero-order valence-electron chi connectivity index (χ0n) is 11.9. The van der Waals surface area contributed by atoms with E-state index in [4.69, 9.17) is 15.6 Å². The topological polar surface area (TPSA) is 119 Å². The SMILES string of the molecule is CN(CC1(O)CCOCC1)c1ccc(S(N)(=O)=O)c(N)c1. The van der Waals surface area contributed by atoms with Gasteiger partial charge in [-0.3, -0.25) is 0 Å². The fourth-order valence-corrected chi connectivity index (χ4v) is 3.12. The lowest BCUT2D eigenvalue weighted by Crippen LogP contribution is -2.45. The Morgan fingerprint density at radius 2 is 2.00 bits per heavy atom. The third-order valence-corrected chi connectivity index (χ3v) is 4.68. The summed E-state index contributed by atoms with van der Waals surface area (Å²) < 4.78 is 27.9. The zero-order valence-corrected chi connectivity index (χ0v) is 12.8. The Morgan fingerprint density at radius 3 is 2.52 bits per heavy atom. The number of likely N-dealkylation sites (N-methyl/N-ethyl adjacent to an activating group) is 1. The molecule has 7 nitrogen and oxygen atoms in total. The fourth-order valence-electron chi connectivity index (χ4n) is 2.47. The molecule has 1 aromatic carbocycles. The van der Waals surface area contributed by atoms with Crippen LogP contribution in [0.2, 0.25) is 0 Å². The number of nitrogen functional groups attached to an aromatic ring is 1. The van der Waals surface area contributed by atoms with Gasteiger partial charge in [-0.2, -0.15) is 0 Å². The molecule has 8 heteroatoms. The van der Waals surface area contributed by atoms with Gasteiger partial charge in [0.05, 0.1) is 11.3 Å². The maximum absolute atomic E-state index is 11.3. The Balaban J connectivity index is 2.16. The van der Waals surface area contributed by atoms with E-state index in [1.54, 1.807) is 12.1 Å². The van der Waals surface area contributed by atoms with Gasteiger partial charge in [-0.15, -0.1) is 0 Å². The number of nitrogens with two attached hydrogens (primary N) is 2. The number of hydrogen-bond donors (Lipinski definition) is 3. The molecule has 1 fully saturated rings. The molecule has 1 saturated heterocycles. The second-order valence-electron chi connectivity index (χ2n) is 5.46. The summed E-state index contributed by atoms with van der Waals surface area (Å²) in [4.78, 5) is 1.75. The minimum Gasteiger partial charge on any atom is -0.398 e.